The predicted molar refractivity (Wildman–Crippen MR) is 137 cm³/mol. The van der Waals surface area contributed by atoms with Crippen LogP contribution in [0, 0.1) is 40.4 Å². The number of methoxy groups -OCH3 is 1. The highest BCUT2D eigenvalue weighted by atomic mass is 28.4. The fourth-order valence-electron chi connectivity index (χ4n) is 7.90. The Labute approximate surface area is 202 Å². The first-order valence-corrected chi connectivity index (χ1v) is 16.6. The summed E-state index contributed by atoms with van der Waals surface area (Å²) in [6, 6.07) is 0. The van der Waals surface area contributed by atoms with Crippen LogP contribution in [0.15, 0.2) is 29.0 Å². The maximum Gasteiger partial charge on any atom is 0.305 e. The summed E-state index contributed by atoms with van der Waals surface area (Å²) in [5.41, 5.74) is 3.24. The summed E-state index contributed by atoms with van der Waals surface area (Å²) in [4.78, 5) is 11.7. The molecule has 0 radical (unpaired) electrons. The van der Waals surface area contributed by atoms with E-state index in [1.165, 1.54) is 44.8 Å². The number of carbonyl (C=O) groups excluding carboxylic acids is 1. The Hall–Kier alpha value is -1.36. The monoisotopic (exact) mass is 471 g/mol. The lowest BCUT2D eigenvalue weighted by atomic mass is 9.48. The van der Waals surface area contributed by atoms with Crippen LogP contribution in [-0.2, 0) is 14.1 Å². The van der Waals surface area contributed by atoms with Gasteiger partial charge in [0.05, 0.1) is 12.8 Å². The molecule has 7 atom stereocenters. The van der Waals surface area contributed by atoms with E-state index in [9.17, 15) is 4.79 Å². The Kier molecular flexibility index (Phi) is 6.76. The molecule has 0 N–H and O–H groups in total. The van der Waals surface area contributed by atoms with Crippen molar-refractivity contribution in [1.29, 1.82) is 0 Å². The first-order valence-electron chi connectivity index (χ1n) is 13.2. The molecule has 2 saturated carbocycles. The van der Waals surface area contributed by atoms with E-state index in [4.69, 9.17) is 9.26 Å². The summed E-state index contributed by atoms with van der Waals surface area (Å²) in [6.07, 6.45) is 16.3. The fourth-order valence-corrected chi connectivity index (χ4v) is 8.29. The number of hydrogen-bond acceptors (Lipinski definition) is 4. The largest absolute Gasteiger partial charge is 0.469 e. The van der Waals surface area contributed by atoms with Crippen molar-refractivity contribution < 1.29 is 14.1 Å². The van der Waals surface area contributed by atoms with E-state index in [0.29, 0.717) is 23.7 Å². The van der Waals surface area contributed by atoms with Crippen molar-refractivity contribution in [2.24, 2.45) is 45.6 Å². The van der Waals surface area contributed by atoms with Crippen molar-refractivity contribution in [3.8, 4) is 0 Å². The number of hydrogen-bond donors (Lipinski definition) is 0. The van der Waals surface area contributed by atoms with Crippen molar-refractivity contribution in [2.75, 3.05) is 7.11 Å². The summed E-state index contributed by atoms with van der Waals surface area (Å²) in [6.45, 7) is 14.0. The van der Waals surface area contributed by atoms with Gasteiger partial charge in [0.1, 0.15) is 0 Å². The normalized spacial score (nSPS) is 39.8. The number of fused-ring (bicyclic) bond motifs is 5. The Morgan fingerprint density at radius 1 is 1.18 bits per heavy atom. The SMILES string of the molecule is COC(=O)CCC(C)C1CCC2C3C=CC4=C/C(=N\O[Si](C)(C)C)CCC4(C)C3CCC12C. The second kappa shape index (κ2) is 9.01. The highest BCUT2D eigenvalue weighted by Crippen LogP contribution is 2.66. The van der Waals surface area contributed by atoms with Gasteiger partial charge in [0, 0.05) is 6.42 Å². The molecule has 0 amide bonds. The van der Waals surface area contributed by atoms with Crippen molar-refractivity contribution in [3.05, 3.63) is 23.8 Å². The number of nitrogens with zero attached hydrogens (tertiary/aromatic N) is 1. The van der Waals surface area contributed by atoms with E-state index in [0.717, 1.165) is 36.3 Å². The highest BCUT2D eigenvalue weighted by molar-refractivity contribution is 6.69. The van der Waals surface area contributed by atoms with Crippen LogP contribution in [0.25, 0.3) is 0 Å². The lowest BCUT2D eigenvalue weighted by Gasteiger charge is -2.56. The molecule has 33 heavy (non-hydrogen) atoms. The maximum atomic E-state index is 11.7. The minimum absolute atomic E-state index is 0.0665. The first-order chi connectivity index (χ1) is 15.5. The summed E-state index contributed by atoms with van der Waals surface area (Å²) >= 11 is 0. The number of allylic oxidation sites excluding steroid dienone is 4. The van der Waals surface area contributed by atoms with Gasteiger partial charge in [-0.2, -0.15) is 0 Å². The summed E-state index contributed by atoms with van der Waals surface area (Å²) in [5, 5.41) is 4.55. The zero-order chi connectivity index (χ0) is 24.0. The van der Waals surface area contributed by atoms with Crippen LogP contribution in [0.4, 0.5) is 0 Å². The standard InChI is InChI=1S/C28H45NO3Si/c1-19(8-13-26(30)31-4)23-11-12-24-22-10-9-20-18-21(29-32-33(5,6)7)14-16-27(20,2)25(22)15-17-28(23,24)3/h9-10,18-19,22-25H,8,11-17H2,1-7H3/b29-21-. The summed E-state index contributed by atoms with van der Waals surface area (Å²) < 4.78 is 10.8. The van der Waals surface area contributed by atoms with Gasteiger partial charge >= 0.3 is 5.97 Å². The van der Waals surface area contributed by atoms with Crippen LogP contribution in [0.5, 0.6) is 0 Å². The smallest absolute Gasteiger partial charge is 0.305 e. The van der Waals surface area contributed by atoms with Crippen LogP contribution in [0.1, 0.15) is 72.1 Å². The van der Waals surface area contributed by atoms with Gasteiger partial charge in [-0.25, -0.2) is 0 Å². The molecule has 4 nitrogen and oxygen atoms in total. The molecule has 0 aromatic carbocycles. The van der Waals surface area contributed by atoms with Gasteiger partial charge in [-0.05, 0) is 117 Å². The quantitative estimate of drug-likeness (QED) is 0.235. The van der Waals surface area contributed by atoms with Gasteiger partial charge in [-0.3, -0.25) is 4.79 Å². The van der Waals surface area contributed by atoms with Crippen molar-refractivity contribution in [1.82, 2.24) is 0 Å². The van der Waals surface area contributed by atoms with Crippen molar-refractivity contribution in [2.45, 2.75) is 91.8 Å². The third-order valence-corrected chi connectivity index (χ3v) is 10.4. The molecule has 4 rings (SSSR count). The van der Waals surface area contributed by atoms with Gasteiger partial charge in [-0.15, -0.1) is 5.16 Å². The fraction of sp³-hybridized carbons (Fsp3) is 0.786. The second-order valence-electron chi connectivity index (χ2n) is 12.8. The lowest BCUT2D eigenvalue weighted by molar-refractivity contribution is -0.141. The third kappa shape index (κ3) is 4.63. The van der Waals surface area contributed by atoms with Crippen LogP contribution in [-0.4, -0.2) is 27.1 Å². The van der Waals surface area contributed by atoms with Crippen LogP contribution in [0.2, 0.25) is 19.6 Å². The minimum atomic E-state index is -1.65. The van der Waals surface area contributed by atoms with Gasteiger partial charge in [0.15, 0.2) is 0 Å². The van der Waals surface area contributed by atoms with Crippen LogP contribution in [0.3, 0.4) is 0 Å². The number of rotatable bonds is 6. The molecule has 0 spiro atoms. The molecule has 0 aromatic rings. The van der Waals surface area contributed by atoms with Crippen LogP contribution < -0.4 is 0 Å². The Morgan fingerprint density at radius 2 is 1.94 bits per heavy atom. The average Bonchev–Trinajstić information content (AvgIpc) is 3.12. The van der Waals surface area contributed by atoms with Gasteiger partial charge in [-0.1, -0.05) is 32.9 Å². The van der Waals surface area contributed by atoms with Crippen molar-refractivity contribution in [3.63, 3.8) is 0 Å². The zero-order valence-corrected chi connectivity index (χ0v) is 22.9. The molecule has 0 saturated heterocycles. The van der Waals surface area contributed by atoms with E-state index in [1.54, 1.807) is 0 Å². The maximum absolute atomic E-state index is 11.7. The predicted octanol–water partition coefficient (Wildman–Crippen LogP) is 7.14. The molecule has 7 unspecified atom stereocenters. The van der Waals surface area contributed by atoms with E-state index < -0.39 is 8.32 Å². The van der Waals surface area contributed by atoms with E-state index >= 15 is 0 Å². The molecule has 184 valence electrons. The molecular weight excluding hydrogens is 426 g/mol. The topological polar surface area (TPSA) is 47.9 Å². The van der Waals surface area contributed by atoms with Gasteiger partial charge in [0.25, 0.3) is 8.32 Å². The number of esters is 1. The Bertz CT molecular complexity index is 856. The summed E-state index contributed by atoms with van der Waals surface area (Å²) in [5.74, 6) is 3.41. The Balaban J connectivity index is 1.53. The number of oxime groups is 1. The van der Waals surface area contributed by atoms with Crippen LogP contribution >= 0.6 is 0 Å². The minimum Gasteiger partial charge on any atom is -0.469 e. The molecule has 4 aliphatic rings. The lowest BCUT2D eigenvalue weighted by Crippen LogP contribution is -2.49. The molecule has 5 heteroatoms. The molecule has 0 aromatic heterocycles. The zero-order valence-electron chi connectivity index (χ0n) is 21.9. The molecule has 0 bridgehead atoms. The third-order valence-electron chi connectivity index (χ3n) is 9.76. The molecule has 2 fully saturated rings. The first kappa shape index (κ1) is 24.8. The number of carbonyl (C=O) groups is 1. The molecule has 4 aliphatic carbocycles. The number of ether oxygens (including phenoxy) is 1. The van der Waals surface area contributed by atoms with E-state index in [1.807, 2.05) is 0 Å². The van der Waals surface area contributed by atoms with E-state index in [2.05, 4.69) is 63.8 Å². The van der Waals surface area contributed by atoms with Gasteiger partial charge in [0.2, 0.25) is 0 Å². The molecule has 0 heterocycles. The summed E-state index contributed by atoms with van der Waals surface area (Å²) in [7, 11) is -0.146. The molecular formula is C28H45NO3Si. The second-order valence-corrected chi connectivity index (χ2v) is 17.2. The van der Waals surface area contributed by atoms with Crippen molar-refractivity contribution >= 4 is 20.0 Å². The molecule has 0 aliphatic heterocycles. The van der Waals surface area contributed by atoms with Gasteiger partial charge < -0.3 is 9.26 Å². The Morgan fingerprint density at radius 3 is 2.64 bits per heavy atom. The van der Waals surface area contributed by atoms with E-state index in [-0.39, 0.29) is 11.4 Å². The average molecular weight is 472 g/mol. The highest BCUT2D eigenvalue weighted by Gasteiger charge is 2.58.